The van der Waals surface area contributed by atoms with Crippen molar-refractivity contribution in [1.82, 2.24) is 14.2 Å². The molecule has 1 aromatic carbocycles. The fourth-order valence-electron chi connectivity index (χ4n) is 2.88. The summed E-state index contributed by atoms with van der Waals surface area (Å²) in [7, 11) is -3.17. The van der Waals surface area contributed by atoms with Gasteiger partial charge >= 0.3 is 0 Å². The zero-order valence-corrected chi connectivity index (χ0v) is 16.6. The number of nitrogens with zero attached hydrogens (tertiary/aromatic N) is 3. The Morgan fingerprint density at radius 2 is 1.81 bits per heavy atom. The Morgan fingerprint density at radius 3 is 2.42 bits per heavy atom. The summed E-state index contributed by atoms with van der Waals surface area (Å²) in [6.07, 6.45) is 0.253. The highest BCUT2D eigenvalue weighted by Gasteiger charge is 2.27. The molecule has 0 spiro atoms. The second-order valence-corrected chi connectivity index (χ2v) is 9.48. The van der Waals surface area contributed by atoms with Crippen molar-refractivity contribution in [2.24, 2.45) is 0 Å². The van der Waals surface area contributed by atoms with Crippen LogP contribution >= 0.6 is 11.3 Å². The van der Waals surface area contributed by atoms with E-state index in [1.54, 1.807) is 11.8 Å². The van der Waals surface area contributed by atoms with E-state index in [0.29, 0.717) is 26.2 Å². The van der Waals surface area contributed by atoms with Crippen molar-refractivity contribution >= 4 is 27.3 Å². The van der Waals surface area contributed by atoms with Gasteiger partial charge in [-0.2, -0.15) is 4.31 Å². The minimum Gasteiger partial charge on any atom is -0.340 e. The molecule has 140 valence electrons. The number of aryl methyl sites for hydroxylation is 1. The third-order valence-corrected chi connectivity index (χ3v) is 7.35. The first-order chi connectivity index (χ1) is 12.4. The summed E-state index contributed by atoms with van der Waals surface area (Å²) in [4.78, 5) is 18.8. The molecule has 0 aliphatic carbocycles. The Balaban J connectivity index is 1.58. The van der Waals surface area contributed by atoms with E-state index >= 15 is 0 Å². The maximum absolute atomic E-state index is 12.5. The van der Waals surface area contributed by atoms with Crippen molar-refractivity contribution in [3.63, 3.8) is 0 Å². The van der Waals surface area contributed by atoms with Crippen molar-refractivity contribution in [3.8, 4) is 10.6 Å². The molecule has 1 amide bonds. The molecule has 1 saturated heterocycles. The number of carbonyl (C=O) groups excluding carboxylic acids is 1. The predicted octanol–water partition coefficient (Wildman–Crippen LogP) is 2.15. The first-order valence-corrected chi connectivity index (χ1v) is 11.1. The predicted molar refractivity (Wildman–Crippen MR) is 104 cm³/mol. The highest BCUT2D eigenvalue weighted by atomic mass is 32.2. The SMILES string of the molecule is CCS(=O)(=O)N1CCN(C(=O)Cc2csc(-c3ccc(C)cc3)n2)CC1. The molecule has 0 N–H and O–H groups in total. The van der Waals surface area contributed by atoms with Crippen molar-refractivity contribution < 1.29 is 13.2 Å². The second kappa shape index (κ2) is 7.85. The van der Waals surface area contributed by atoms with Crippen LogP contribution in [0.5, 0.6) is 0 Å². The van der Waals surface area contributed by atoms with Crippen LogP contribution in [0.25, 0.3) is 10.6 Å². The topological polar surface area (TPSA) is 70.6 Å². The Bertz CT molecular complexity index is 867. The lowest BCUT2D eigenvalue weighted by Gasteiger charge is -2.33. The average molecular weight is 394 g/mol. The van der Waals surface area contributed by atoms with Gasteiger partial charge in [-0.3, -0.25) is 4.79 Å². The highest BCUT2D eigenvalue weighted by Crippen LogP contribution is 2.24. The Morgan fingerprint density at radius 1 is 1.15 bits per heavy atom. The van der Waals surface area contributed by atoms with E-state index in [1.807, 2.05) is 36.6 Å². The van der Waals surface area contributed by atoms with Gasteiger partial charge in [-0.25, -0.2) is 13.4 Å². The van der Waals surface area contributed by atoms with Gasteiger partial charge in [0.25, 0.3) is 0 Å². The summed E-state index contributed by atoms with van der Waals surface area (Å²) in [5, 5.41) is 2.83. The van der Waals surface area contributed by atoms with E-state index in [9.17, 15) is 13.2 Å². The van der Waals surface area contributed by atoms with Gasteiger partial charge in [0, 0.05) is 37.1 Å². The van der Waals surface area contributed by atoms with Crippen molar-refractivity contribution in [3.05, 3.63) is 40.9 Å². The van der Waals surface area contributed by atoms with Crippen LogP contribution in [0.1, 0.15) is 18.2 Å². The Labute approximate surface area is 158 Å². The monoisotopic (exact) mass is 393 g/mol. The fourth-order valence-corrected chi connectivity index (χ4v) is 4.79. The smallest absolute Gasteiger partial charge is 0.228 e. The number of carbonyl (C=O) groups is 1. The van der Waals surface area contributed by atoms with Crippen LogP contribution in [0.4, 0.5) is 0 Å². The third-order valence-electron chi connectivity index (χ3n) is 4.53. The molecule has 2 heterocycles. The number of aromatic nitrogens is 1. The van der Waals surface area contributed by atoms with Gasteiger partial charge < -0.3 is 4.90 Å². The van der Waals surface area contributed by atoms with Gasteiger partial charge in [0.15, 0.2) is 0 Å². The van der Waals surface area contributed by atoms with E-state index in [1.165, 1.54) is 21.2 Å². The average Bonchev–Trinajstić information content (AvgIpc) is 3.11. The molecule has 1 aromatic heterocycles. The van der Waals surface area contributed by atoms with Gasteiger partial charge in [0.2, 0.25) is 15.9 Å². The summed E-state index contributed by atoms with van der Waals surface area (Å²) < 4.78 is 25.3. The Hall–Kier alpha value is -1.77. The van der Waals surface area contributed by atoms with Crippen LogP contribution in [-0.4, -0.2) is 60.4 Å². The second-order valence-electron chi connectivity index (χ2n) is 6.37. The number of hydrogen-bond donors (Lipinski definition) is 0. The van der Waals surface area contributed by atoms with Crippen LogP contribution in [0.3, 0.4) is 0 Å². The minimum absolute atomic E-state index is 0.000646. The number of rotatable bonds is 5. The molecule has 1 aliphatic rings. The maximum atomic E-state index is 12.5. The quantitative estimate of drug-likeness (QED) is 0.780. The largest absolute Gasteiger partial charge is 0.340 e. The molecular weight excluding hydrogens is 370 g/mol. The van der Waals surface area contributed by atoms with Gasteiger partial charge in [-0.05, 0) is 13.8 Å². The summed E-state index contributed by atoms with van der Waals surface area (Å²) >= 11 is 1.53. The van der Waals surface area contributed by atoms with Gasteiger partial charge in [0.05, 0.1) is 17.9 Å². The minimum atomic E-state index is -3.17. The van der Waals surface area contributed by atoms with Gasteiger partial charge in [-0.1, -0.05) is 29.8 Å². The van der Waals surface area contributed by atoms with Gasteiger partial charge in [0.1, 0.15) is 5.01 Å². The molecule has 1 fully saturated rings. The van der Waals surface area contributed by atoms with Crippen molar-refractivity contribution in [2.45, 2.75) is 20.3 Å². The normalized spacial score (nSPS) is 16.0. The number of piperazine rings is 1. The zero-order chi connectivity index (χ0) is 18.7. The van der Waals surface area contributed by atoms with E-state index < -0.39 is 10.0 Å². The molecule has 0 radical (unpaired) electrons. The lowest BCUT2D eigenvalue weighted by Crippen LogP contribution is -2.51. The van der Waals surface area contributed by atoms with Crippen molar-refractivity contribution in [1.29, 1.82) is 0 Å². The maximum Gasteiger partial charge on any atom is 0.228 e. The number of hydrogen-bond acceptors (Lipinski definition) is 5. The first-order valence-electron chi connectivity index (χ1n) is 8.66. The molecule has 6 nitrogen and oxygen atoms in total. The van der Waals surface area contributed by atoms with E-state index in [4.69, 9.17) is 0 Å². The lowest BCUT2D eigenvalue weighted by atomic mass is 10.2. The van der Waals surface area contributed by atoms with E-state index in [0.717, 1.165) is 16.3 Å². The summed E-state index contributed by atoms with van der Waals surface area (Å²) in [6, 6.07) is 8.16. The number of amides is 1. The molecular formula is C18H23N3O3S2. The molecule has 1 aliphatic heterocycles. The Kier molecular flexibility index (Phi) is 5.74. The summed E-state index contributed by atoms with van der Waals surface area (Å²) in [5.41, 5.74) is 3.02. The standard InChI is InChI=1S/C18H23N3O3S2/c1-3-26(23,24)21-10-8-20(9-11-21)17(22)12-16-13-25-18(19-16)15-6-4-14(2)5-7-15/h4-7,13H,3,8-12H2,1-2H3. The molecule has 2 aromatic rings. The van der Waals surface area contributed by atoms with E-state index in [-0.39, 0.29) is 18.1 Å². The summed E-state index contributed by atoms with van der Waals surface area (Å²) in [6.45, 7) is 5.29. The van der Waals surface area contributed by atoms with Crippen LogP contribution in [0, 0.1) is 6.92 Å². The van der Waals surface area contributed by atoms with Crippen LogP contribution in [0.15, 0.2) is 29.6 Å². The molecule has 3 rings (SSSR count). The van der Waals surface area contributed by atoms with Crippen LogP contribution in [0.2, 0.25) is 0 Å². The zero-order valence-electron chi connectivity index (χ0n) is 15.0. The third kappa shape index (κ3) is 4.31. The molecule has 0 bridgehead atoms. The molecule has 8 heteroatoms. The molecule has 0 saturated carbocycles. The number of benzene rings is 1. The molecule has 26 heavy (non-hydrogen) atoms. The van der Waals surface area contributed by atoms with Crippen LogP contribution < -0.4 is 0 Å². The first kappa shape index (κ1) is 19.0. The van der Waals surface area contributed by atoms with Crippen LogP contribution in [-0.2, 0) is 21.2 Å². The molecule has 0 unspecified atom stereocenters. The van der Waals surface area contributed by atoms with Gasteiger partial charge in [-0.15, -0.1) is 11.3 Å². The number of thiazole rings is 1. The molecule has 0 atom stereocenters. The van der Waals surface area contributed by atoms with Crippen molar-refractivity contribution in [2.75, 3.05) is 31.9 Å². The number of sulfonamides is 1. The summed E-state index contributed by atoms with van der Waals surface area (Å²) in [5.74, 6) is 0.0981. The fraction of sp³-hybridized carbons (Fsp3) is 0.444. The lowest BCUT2D eigenvalue weighted by molar-refractivity contribution is -0.131. The highest BCUT2D eigenvalue weighted by molar-refractivity contribution is 7.89. The van der Waals surface area contributed by atoms with E-state index in [2.05, 4.69) is 4.98 Å².